The Morgan fingerprint density at radius 1 is 1.53 bits per heavy atom. The fraction of sp³-hybridized carbons (Fsp3) is 0.455. The van der Waals surface area contributed by atoms with Gasteiger partial charge in [-0.15, -0.1) is 0 Å². The largest absolute Gasteiger partial charge is 0.496 e. The molecular formula is C11H16ClNO2. The Bertz CT molecular complexity index is 337. The van der Waals surface area contributed by atoms with Crippen LogP contribution in [0.25, 0.3) is 0 Å². The normalized spacial score (nSPS) is 14.7. The van der Waals surface area contributed by atoms with Crippen LogP contribution in [-0.4, -0.2) is 25.4 Å². The van der Waals surface area contributed by atoms with Gasteiger partial charge in [0.1, 0.15) is 5.75 Å². The van der Waals surface area contributed by atoms with E-state index in [2.05, 4.69) is 0 Å². The van der Waals surface area contributed by atoms with Gasteiger partial charge in [-0.3, -0.25) is 0 Å². The van der Waals surface area contributed by atoms with E-state index in [1.165, 1.54) is 0 Å². The summed E-state index contributed by atoms with van der Waals surface area (Å²) in [6, 6.07) is 5.33. The fourth-order valence-corrected chi connectivity index (χ4v) is 1.59. The summed E-state index contributed by atoms with van der Waals surface area (Å²) in [7, 11) is 1.57. The lowest BCUT2D eigenvalue weighted by Gasteiger charge is -2.27. The molecule has 0 spiro atoms. The molecule has 1 atom stereocenters. The third kappa shape index (κ3) is 2.43. The third-order valence-corrected chi connectivity index (χ3v) is 2.85. The summed E-state index contributed by atoms with van der Waals surface area (Å²) < 4.78 is 5.22. The van der Waals surface area contributed by atoms with E-state index in [1.807, 2.05) is 13.0 Å². The van der Waals surface area contributed by atoms with E-state index in [4.69, 9.17) is 22.1 Å². The number of methoxy groups -OCH3 is 1. The van der Waals surface area contributed by atoms with Gasteiger partial charge >= 0.3 is 0 Å². The Balaban J connectivity index is 3.23. The number of ether oxygens (including phenoxy) is 1. The van der Waals surface area contributed by atoms with Crippen LogP contribution in [0.4, 0.5) is 0 Å². The molecule has 0 fully saturated rings. The number of halogens is 1. The first-order valence-corrected chi connectivity index (χ1v) is 5.10. The zero-order chi connectivity index (χ0) is 11.5. The quantitative estimate of drug-likeness (QED) is 0.824. The molecule has 1 aromatic rings. The second-order valence-corrected chi connectivity index (χ2v) is 4.20. The molecule has 0 aliphatic heterocycles. The van der Waals surface area contributed by atoms with E-state index in [0.717, 1.165) is 5.56 Å². The molecule has 0 aliphatic carbocycles. The van der Waals surface area contributed by atoms with Crippen LogP contribution < -0.4 is 10.5 Å². The standard InChI is InChI=1S/C11H16ClNO2/c1-11(6-13,7-14)9-4-3-8(12)5-10(9)15-2/h3-5,14H,6-7,13H2,1-2H3. The van der Waals surface area contributed by atoms with Crippen molar-refractivity contribution < 1.29 is 9.84 Å². The minimum Gasteiger partial charge on any atom is -0.496 e. The van der Waals surface area contributed by atoms with Gasteiger partial charge in [-0.05, 0) is 12.1 Å². The summed E-state index contributed by atoms with van der Waals surface area (Å²) in [6.07, 6.45) is 0. The Hall–Kier alpha value is -0.770. The number of aliphatic hydroxyl groups is 1. The molecule has 4 heteroatoms. The maximum absolute atomic E-state index is 9.36. The minimum atomic E-state index is -0.490. The van der Waals surface area contributed by atoms with Gasteiger partial charge in [0.2, 0.25) is 0 Å². The van der Waals surface area contributed by atoms with E-state index in [-0.39, 0.29) is 6.61 Å². The van der Waals surface area contributed by atoms with Crippen molar-refractivity contribution in [3.05, 3.63) is 28.8 Å². The van der Waals surface area contributed by atoms with E-state index < -0.39 is 5.41 Å². The highest BCUT2D eigenvalue weighted by Crippen LogP contribution is 2.32. The average molecular weight is 230 g/mol. The van der Waals surface area contributed by atoms with Crippen molar-refractivity contribution >= 4 is 11.6 Å². The van der Waals surface area contributed by atoms with Crippen LogP contribution in [0.15, 0.2) is 18.2 Å². The maximum atomic E-state index is 9.36. The summed E-state index contributed by atoms with van der Waals surface area (Å²) in [5.41, 5.74) is 6.05. The Labute approximate surface area is 94.8 Å². The summed E-state index contributed by atoms with van der Waals surface area (Å²) in [5, 5.41) is 9.96. The number of hydrogen-bond donors (Lipinski definition) is 2. The van der Waals surface area contributed by atoms with Crippen LogP contribution in [0.2, 0.25) is 5.02 Å². The van der Waals surface area contributed by atoms with Crippen molar-refractivity contribution in [3.8, 4) is 5.75 Å². The molecular weight excluding hydrogens is 214 g/mol. The Kier molecular flexibility index (Phi) is 3.97. The van der Waals surface area contributed by atoms with Gasteiger partial charge in [0, 0.05) is 22.5 Å². The highest BCUT2D eigenvalue weighted by atomic mass is 35.5. The molecule has 0 amide bonds. The second kappa shape index (κ2) is 4.84. The summed E-state index contributed by atoms with van der Waals surface area (Å²) >= 11 is 5.86. The lowest BCUT2D eigenvalue weighted by molar-refractivity contribution is 0.206. The van der Waals surface area contributed by atoms with Crippen LogP contribution >= 0.6 is 11.6 Å². The molecule has 1 unspecified atom stereocenters. The molecule has 0 aliphatic rings. The zero-order valence-electron chi connectivity index (χ0n) is 8.96. The summed E-state index contributed by atoms with van der Waals surface area (Å²) in [6.45, 7) is 2.21. The van der Waals surface area contributed by atoms with Gasteiger partial charge in [0.25, 0.3) is 0 Å². The van der Waals surface area contributed by atoms with Gasteiger partial charge in [-0.2, -0.15) is 0 Å². The smallest absolute Gasteiger partial charge is 0.124 e. The molecule has 3 nitrogen and oxygen atoms in total. The number of benzene rings is 1. The van der Waals surface area contributed by atoms with Gasteiger partial charge in [0.05, 0.1) is 13.7 Å². The molecule has 0 aromatic heterocycles. The van der Waals surface area contributed by atoms with Gasteiger partial charge in [-0.1, -0.05) is 24.6 Å². The van der Waals surface area contributed by atoms with Gasteiger partial charge < -0.3 is 15.6 Å². The second-order valence-electron chi connectivity index (χ2n) is 3.77. The number of rotatable bonds is 4. The molecule has 1 rings (SSSR count). The molecule has 15 heavy (non-hydrogen) atoms. The van der Waals surface area contributed by atoms with Crippen LogP contribution in [0.1, 0.15) is 12.5 Å². The molecule has 0 radical (unpaired) electrons. The highest BCUT2D eigenvalue weighted by Gasteiger charge is 2.27. The molecule has 0 saturated heterocycles. The van der Waals surface area contributed by atoms with Crippen molar-refractivity contribution in [3.63, 3.8) is 0 Å². The van der Waals surface area contributed by atoms with Crippen molar-refractivity contribution in [2.75, 3.05) is 20.3 Å². The van der Waals surface area contributed by atoms with Gasteiger partial charge in [-0.25, -0.2) is 0 Å². The zero-order valence-corrected chi connectivity index (χ0v) is 9.71. The monoisotopic (exact) mass is 229 g/mol. The number of aliphatic hydroxyl groups excluding tert-OH is 1. The molecule has 0 heterocycles. The van der Waals surface area contributed by atoms with Crippen LogP contribution in [-0.2, 0) is 5.41 Å². The van der Waals surface area contributed by atoms with E-state index in [9.17, 15) is 5.11 Å². The molecule has 1 aromatic carbocycles. The summed E-state index contributed by atoms with van der Waals surface area (Å²) in [4.78, 5) is 0. The highest BCUT2D eigenvalue weighted by molar-refractivity contribution is 6.30. The Morgan fingerprint density at radius 3 is 2.67 bits per heavy atom. The predicted molar refractivity (Wildman–Crippen MR) is 61.5 cm³/mol. The first kappa shape index (κ1) is 12.3. The van der Waals surface area contributed by atoms with Crippen LogP contribution in [0, 0.1) is 0 Å². The van der Waals surface area contributed by atoms with E-state index in [0.29, 0.717) is 17.3 Å². The van der Waals surface area contributed by atoms with Crippen LogP contribution in [0.3, 0.4) is 0 Å². The van der Waals surface area contributed by atoms with Crippen molar-refractivity contribution in [1.82, 2.24) is 0 Å². The Morgan fingerprint density at radius 2 is 2.20 bits per heavy atom. The van der Waals surface area contributed by atoms with Crippen molar-refractivity contribution in [1.29, 1.82) is 0 Å². The van der Waals surface area contributed by atoms with Crippen LogP contribution in [0.5, 0.6) is 5.75 Å². The topological polar surface area (TPSA) is 55.5 Å². The van der Waals surface area contributed by atoms with E-state index in [1.54, 1.807) is 19.2 Å². The molecule has 0 saturated carbocycles. The molecule has 3 N–H and O–H groups in total. The predicted octanol–water partition coefficient (Wildman–Crippen LogP) is 1.56. The lowest BCUT2D eigenvalue weighted by Crippen LogP contribution is -2.35. The third-order valence-electron chi connectivity index (χ3n) is 2.61. The number of hydrogen-bond acceptors (Lipinski definition) is 3. The average Bonchev–Trinajstić information content (AvgIpc) is 2.27. The minimum absolute atomic E-state index is 0.0263. The molecule has 0 bridgehead atoms. The lowest BCUT2D eigenvalue weighted by atomic mass is 9.83. The summed E-state index contributed by atoms with van der Waals surface area (Å²) in [5.74, 6) is 0.657. The first-order chi connectivity index (χ1) is 7.07. The van der Waals surface area contributed by atoms with Gasteiger partial charge in [0.15, 0.2) is 0 Å². The SMILES string of the molecule is COc1cc(Cl)ccc1C(C)(CN)CO. The maximum Gasteiger partial charge on any atom is 0.124 e. The van der Waals surface area contributed by atoms with Crippen molar-refractivity contribution in [2.45, 2.75) is 12.3 Å². The fourth-order valence-electron chi connectivity index (χ4n) is 1.42. The molecule has 84 valence electrons. The van der Waals surface area contributed by atoms with Crippen molar-refractivity contribution in [2.24, 2.45) is 5.73 Å². The first-order valence-electron chi connectivity index (χ1n) is 4.72. The number of nitrogens with two attached hydrogens (primary N) is 1. The van der Waals surface area contributed by atoms with E-state index >= 15 is 0 Å².